The summed E-state index contributed by atoms with van der Waals surface area (Å²) in [6.45, 7) is 6.13. The summed E-state index contributed by atoms with van der Waals surface area (Å²) in [5.41, 5.74) is 6.48. The molecule has 1 saturated heterocycles. The maximum absolute atomic E-state index is 13.2. The normalized spacial score (nSPS) is 22.0. The Morgan fingerprint density at radius 2 is 1.90 bits per heavy atom. The minimum Gasteiger partial charge on any atom is -0.306 e. The standard InChI is InChI=1S/C25H27N5O/c1-17-15-30-24(18(2)26-17)14-23(27-30)20-5-4-6-22-8-7-21(16-29(22)25(31)13-20)19-9-11-28(3)12-10-19/h4-8,13-16,19H,9-12H2,1-3H3/b5-4?,20-13?,22-6+. The van der Waals surface area contributed by atoms with Gasteiger partial charge in [0, 0.05) is 23.5 Å². The fourth-order valence-electron chi connectivity index (χ4n) is 4.53. The number of amides is 1. The number of rotatable bonds is 2. The minimum atomic E-state index is -0.0524. The summed E-state index contributed by atoms with van der Waals surface area (Å²) < 4.78 is 1.84. The van der Waals surface area contributed by atoms with Gasteiger partial charge in [0.1, 0.15) is 0 Å². The van der Waals surface area contributed by atoms with E-state index in [9.17, 15) is 4.79 Å². The molecule has 0 unspecified atom stereocenters. The van der Waals surface area contributed by atoms with Crippen LogP contribution in [0.5, 0.6) is 0 Å². The van der Waals surface area contributed by atoms with Crippen molar-refractivity contribution in [3.05, 3.63) is 83.3 Å². The second-order valence-corrected chi connectivity index (χ2v) is 8.63. The summed E-state index contributed by atoms with van der Waals surface area (Å²) >= 11 is 0. The molecule has 0 spiro atoms. The molecule has 0 aliphatic carbocycles. The summed E-state index contributed by atoms with van der Waals surface area (Å²) in [7, 11) is 2.17. The molecule has 158 valence electrons. The van der Waals surface area contributed by atoms with Gasteiger partial charge in [-0.15, -0.1) is 0 Å². The van der Waals surface area contributed by atoms with Crippen LogP contribution in [0.15, 0.2) is 66.2 Å². The third-order valence-electron chi connectivity index (χ3n) is 6.31. The zero-order valence-corrected chi connectivity index (χ0v) is 18.2. The third kappa shape index (κ3) is 3.79. The summed E-state index contributed by atoms with van der Waals surface area (Å²) in [6, 6.07) is 1.99. The number of likely N-dealkylation sites (tertiary alicyclic amines) is 1. The second kappa shape index (κ2) is 7.78. The number of allylic oxidation sites excluding steroid dienone is 7. The van der Waals surface area contributed by atoms with Gasteiger partial charge in [-0.3, -0.25) is 14.7 Å². The maximum atomic E-state index is 13.2. The first-order valence-electron chi connectivity index (χ1n) is 10.8. The number of carbonyl (C=O) groups is 1. The predicted octanol–water partition coefficient (Wildman–Crippen LogP) is 3.81. The molecular formula is C25H27N5O. The molecule has 0 aromatic carbocycles. The molecule has 0 radical (unpaired) electrons. The van der Waals surface area contributed by atoms with E-state index in [4.69, 9.17) is 5.10 Å². The highest BCUT2D eigenvalue weighted by molar-refractivity contribution is 5.99. The van der Waals surface area contributed by atoms with Gasteiger partial charge >= 0.3 is 0 Å². The molecule has 0 N–H and O–H groups in total. The number of nitrogens with zero attached hydrogens (tertiary/aromatic N) is 5. The van der Waals surface area contributed by atoms with Crippen molar-refractivity contribution >= 4 is 17.0 Å². The zero-order chi connectivity index (χ0) is 21.5. The highest BCUT2D eigenvalue weighted by Gasteiger charge is 2.24. The van der Waals surface area contributed by atoms with E-state index in [0.717, 1.165) is 59.8 Å². The summed E-state index contributed by atoms with van der Waals surface area (Å²) in [5.74, 6) is 0.451. The van der Waals surface area contributed by atoms with Crippen molar-refractivity contribution < 1.29 is 4.79 Å². The minimum absolute atomic E-state index is 0.0524. The molecule has 2 aromatic heterocycles. The monoisotopic (exact) mass is 413 g/mol. The first-order valence-corrected chi connectivity index (χ1v) is 10.8. The molecule has 5 heterocycles. The van der Waals surface area contributed by atoms with E-state index < -0.39 is 0 Å². The smallest absolute Gasteiger partial charge is 0.255 e. The molecule has 0 saturated carbocycles. The Hall–Kier alpha value is -3.25. The molecule has 3 aliphatic rings. The van der Waals surface area contributed by atoms with Crippen LogP contribution in [0.4, 0.5) is 0 Å². The topological polar surface area (TPSA) is 53.7 Å². The van der Waals surface area contributed by atoms with E-state index in [2.05, 4.69) is 29.1 Å². The van der Waals surface area contributed by atoms with E-state index in [0.29, 0.717) is 5.92 Å². The lowest BCUT2D eigenvalue weighted by molar-refractivity contribution is -0.122. The van der Waals surface area contributed by atoms with Gasteiger partial charge in [-0.1, -0.05) is 18.2 Å². The molecule has 5 rings (SSSR count). The van der Waals surface area contributed by atoms with Crippen LogP contribution in [0, 0.1) is 19.8 Å². The van der Waals surface area contributed by atoms with Crippen LogP contribution < -0.4 is 0 Å². The summed E-state index contributed by atoms with van der Waals surface area (Å²) in [4.78, 5) is 21.9. The van der Waals surface area contributed by atoms with Gasteiger partial charge in [-0.2, -0.15) is 5.10 Å². The SMILES string of the molecule is Cc1cn2nc(C3=CC(=O)N4C=C(C5CCN(C)CC5)C=C/C4=C\C=C3)cc2c(C)n1. The van der Waals surface area contributed by atoms with Crippen molar-refractivity contribution in [3.63, 3.8) is 0 Å². The molecule has 1 fully saturated rings. The molecule has 1 amide bonds. The average Bonchev–Trinajstić information content (AvgIpc) is 3.16. The lowest BCUT2D eigenvalue weighted by atomic mass is 9.88. The van der Waals surface area contributed by atoms with Crippen LogP contribution in [-0.2, 0) is 4.79 Å². The van der Waals surface area contributed by atoms with Gasteiger partial charge < -0.3 is 4.90 Å². The highest BCUT2D eigenvalue weighted by atomic mass is 16.2. The largest absolute Gasteiger partial charge is 0.306 e. The van der Waals surface area contributed by atoms with Crippen LogP contribution in [0.1, 0.15) is 29.9 Å². The van der Waals surface area contributed by atoms with Crippen molar-refractivity contribution in [1.29, 1.82) is 0 Å². The van der Waals surface area contributed by atoms with E-state index in [-0.39, 0.29) is 5.91 Å². The van der Waals surface area contributed by atoms with Crippen LogP contribution in [0.3, 0.4) is 0 Å². The van der Waals surface area contributed by atoms with E-state index in [1.165, 1.54) is 5.57 Å². The Morgan fingerprint density at radius 3 is 2.71 bits per heavy atom. The van der Waals surface area contributed by atoms with E-state index in [1.807, 2.05) is 55.1 Å². The first kappa shape index (κ1) is 19.7. The Bertz CT molecular complexity index is 1200. The Kier molecular flexibility index (Phi) is 4.94. The van der Waals surface area contributed by atoms with Crippen LogP contribution >= 0.6 is 0 Å². The molecular weight excluding hydrogens is 386 g/mol. The van der Waals surface area contributed by atoms with Crippen molar-refractivity contribution in [2.45, 2.75) is 26.7 Å². The highest BCUT2D eigenvalue weighted by Crippen LogP contribution is 2.31. The summed E-state index contributed by atoms with van der Waals surface area (Å²) in [5, 5.41) is 4.70. The first-order chi connectivity index (χ1) is 15.0. The van der Waals surface area contributed by atoms with Gasteiger partial charge in [0.2, 0.25) is 0 Å². The van der Waals surface area contributed by atoms with Gasteiger partial charge in [0.05, 0.1) is 28.8 Å². The van der Waals surface area contributed by atoms with Crippen LogP contribution in [-0.4, -0.2) is 50.4 Å². The van der Waals surface area contributed by atoms with Crippen LogP contribution in [0.2, 0.25) is 0 Å². The van der Waals surface area contributed by atoms with Gasteiger partial charge in [-0.25, -0.2) is 4.52 Å². The lowest BCUT2D eigenvalue weighted by Crippen LogP contribution is -2.32. The quantitative estimate of drug-likeness (QED) is 0.751. The van der Waals surface area contributed by atoms with E-state index >= 15 is 0 Å². The number of carbonyl (C=O) groups excluding carboxylic acids is 1. The number of aromatic nitrogens is 3. The van der Waals surface area contributed by atoms with Gasteiger partial charge in [-0.05, 0) is 76.5 Å². The number of hydrogen-bond donors (Lipinski definition) is 0. The molecule has 6 nitrogen and oxygen atoms in total. The van der Waals surface area contributed by atoms with Crippen molar-refractivity contribution in [1.82, 2.24) is 24.4 Å². The molecule has 31 heavy (non-hydrogen) atoms. The van der Waals surface area contributed by atoms with Crippen LogP contribution in [0.25, 0.3) is 11.1 Å². The maximum Gasteiger partial charge on any atom is 0.255 e. The molecule has 2 aromatic rings. The third-order valence-corrected chi connectivity index (χ3v) is 6.31. The number of piperidine rings is 1. The van der Waals surface area contributed by atoms with E-state index in [1.54, 1.807) is 11.0 Å². The number of aryl methyl sites for hydroxylation is 2. The zero-order valence-electron chi connectivity index (χ0n) is 18.2. The molecule has 6 heteroatoms. The van der Waals surface area contributed by atoms with Gasteiger partial charge in [0.25, 0.3) is 5.91 Å². The Balaban J connectivity index is 1.48. The second-order valence-electron chi connectivity index (χ2n) is 8.63. The fraction of sp³-hybridized carbons (Fsp3) is 0.320. The van der Waals surface area contributed by atoms with Crippen molar-refractivity contribution in [3.8, 4) is 0 Å². The van der Waals surface area contributed by atoms with Crippen molar-refractivity contribution in [2.24, 2.45) is 5.92 Å². The predicted molar refractivity (Wildman–Crippen MR) is 122 cm³/mol. The Morgan fingerprint density at radius 1 is 1.10 bits per heavy atom. The average molecular weight is 414 g/mol. The summed E-state index contributed by atoms with van der Waals surface area (Å²) in [6.07, 6.45) is 18.0. The Labute approximate surface area is 182 Å². The molecule has 3 aliphatic heterocycles. The van der Waals surface area contributed by atoms with Gasteiger partial charge in [0.15, 0.2) is 0 Å². The lowest BCUT2D eigenvalue weighted by Gasteiger charge is -2.32. The molecule has 0 bridgehead atoms. The molecule has 0 atom stereocenters. The number of fused-ring (bicyclic) bond motifs is 2. The fourth-order valence-corrected chi connectivity index (χ4v) is 4.53. The van der Waals surface area contributed by atoms with Crippen molar-refractivity contribution in [2.75, 3.05) is 20.1 Å². The number of hydrogen-bond acceptors (Lipinski definition) is 4.